The van der Waals surface area contributed by atoms with Gasteiger partial charge in [0.1, 0.15) is 11.7 Å². The van der Waals surface area contributed by atoms with Gasteiger partial charge < -0.3 is 10.0 Å². The number of halogens is 1. The van der Waals surface area contributed by atoms with Crippen molar-refractivity contribution in [3.8, 4) is 0 Å². The fourth-order valence-corrected chi connectivity index (χ4v) is 2.81. The number of carbonyl (C=O) groups is 1. The summed E-state index contributed by atoms with van der Waals surface area (Å²) in [6, 6.07) is 15.0. The molecule has 1 aliphatic heterocycles. The van der Waals surface area contributed by atoms with E-state index in [1.807, 2.05) is 41.3 Å². The Balaban J connectivity index is 2.09. The van der Waals surface area contributed by atoms with E-state index in [1.165, 1.54) is 5.01 Å². The van der Waals surface area contributed by atoms with Crippen molar-refractivity contribution in [2.75, 3.05) is 11.6 Å². The minimum Gasteiger partial charge on any atom is -0.464 e. The molecule has 0 atom stereocenters. The molecular weight excluding hydrogens is 322 g/mol. The van der Waals surface area contributed by atoms with Crippen molar-refractivity contribution < 1.29 is 9.90 Å². The number of amides is 1. The maximum Gasteiger partial charge on any atom is 0.423 e. The number of hydrogen-bond donors (Lipinski definition) is 2. The van der Waals surface area contributed by atoms with Crippen molar-refractivity contribution in [1.29, 1.82) is 0 Å². The quantitative estimate of drug-likeness (QED) is 0.822. The fourth-order valence-electron chi connectivity index (χ4n) is 2.37. The number of nitrogens with zero attached hydrogens (tertiary/aromatic N) is 2. The molecule has 3 rings (SSSR count). The molecule has 112 valence electrons. The SMILES string of the molecule is O=C(O)NN1CN(c2ccccc2)c2cc(Cl)ccc2C1=S. The molecule has 1 aliphatic rings. The first-order valence-electron chi connectivity index (χ1n) is 6.50. The molecule has 0 saturated heterocycles. The van der Waals surface area contributed by atoms with Gasteiger partial charge in [-0.1, -0.05) is 42.0 Å². The second kappa shape index (κ2) is 5.82. The Morgan fingerprint density at radius 1 is 1.23 bits per heavy atom. The molecule has 2 aromatic rings. The molecule has 0 saturated carbocycles. The largest absolute Gasteiger partial charge is 0.464 e. The number of hydrogen-bond acceptors (Lipinski definition) is 3. The molecule has 2 aromatic carbocycles. The van der Waals surface area contributed by atoms with Crippen molar-refractivity contribution >= 4 is 46.3 Å². The molecule has 7 heteroatoms. The van der Waals surface area contributed by atoms with Crippen molar-refractivity contribution in [2.45, 2.75) is 0 Å². The average molecular weight is 334 g/mol. The van der Waals surface area contributed by atoms with E-state index in [0.717, 1.165) is 16.9 Å². The number of nitrogens with one attached hydrogen (secondary N) is 1. The van der Waals surface area contributed by atoms with Crippen molar-refractivity contribution in [3.05, 3.63) is 59.1 Å². The first-order chi connectivity index (χ1) is 10.6. The van der Waals surface area contributed by atoms with Gasteiger partial charge in [0.25, 0.3) is 0 Å². The molecule has 0 radical (unpaired) electrons. The maximum absolute atomic E-state index is 11.0. The van der Waals surface area contributed by atoms with Gasteiger partial charge in [-0.2, -0.15) is 0 Å². The first kappa shape index (κ1) is 14.6. The standard InChI is InChI=1S/C15H12ClN3O2S/c16-10-6-7-12-13(8-10)18(11-4-2-1-3-5-11)9-19(14(12)22)17-15(20)21/h1-8,17H,9H2,(H,20,21). The monoisotopic (exact) mass is 333 g/mol. The van der Waals surface area contributed by atoms with Crippen LogP contribution in [-0.2, 0) is 0 Å². The van der Waals surface area contributed by atoms with Gasteiger partial charge in [0.05, 0.1) is 5.69 Å². The third kappa shape index (κ3) is 2.70. The Labute approximate surface area is 137 Å². The summed E-state index contributed by atoms with van der Waals surface area (Å²) in [4.78, 5) is 13.3. The Hall–Kier alpha value is -2.31. The lowest BCUT2D eigenvalue weighted by molar-refractivity contribution is 0.170. The van der Waals surface area contributed by atoms with E-state index in [2.05, 4.69) is 5.43 Å². The van der Waals surface area contributed by atoms with Crippen LogP contribution in [0.1, 0.15) is 5.56 Å². The van der Waals surface area contributed by atoms with Crippen molar-refractivity contribution in [2.24, 2.45) is 0 Å². The van der Waals surface area contributed by atoms with Crippen LogP contribution in [0.4, 0.5) is 16.2 Å². The van der Waals surface area contributed by atoms with E-state index >= 15 is 0 Å². The Kier molecular flexibility index (Phi) is 3.87. The van der Waals surface area contributed by atoms with Crippen LogP contribution in [0.2, 0.25) is 5.02 Å². The molecule has 22 heavy (non-hydrogen) atoms. The van der Waals surface area contributed by atoms with E-state index < -0.39 is 6.09 Å². The fraction of sp³-hybridized carbons (Fsp3) is 0.0667. The van der Waals surface area contributed by atoms with Gasteiger partial charge in [0, 0.05) is 16.3 Å². The highest BCUT2D eigenvalue weighted by Crippen LogP contribution is 2.35. The summed E-state index contributed by atoms with van der Waals surface area (Å²) < 4.78 is 0. The Bertz CT molecular complexity index is 739. The van der Waals surface area contributed by atoms with Crippen molar-refractivity contribution in [1.82, 2.24) is 10.4 Å². The smallest absolute Gasteiger partial charge is 0.423 e. The molecule has 1 heterocycles. The molecule has 0 aliphatic carbocycles. The molecule has 0 spiro atoms. The number of rotatable bonds is 2. The maximum atomic E-state index is 11.0. The van der Waals surface area contributed by atoms with Crippen LogP contribution < -0.4 is 10.3 Å². The highest BCUT2D eigenvalue weighted by atomic mass is 35.5. The third-order valence-electron chi connectivity index (χ3n) is 3.31. The first-order valence-corrected chi connectivity index (χ1v) is 7.28. The minimum absolute atomic E-state index is 0.266. The van der Waals surface area contributed by atoms with Crippen LogP contribution in [-0.4, -0.2) is 27.9 Å². The number of hydrazine groups is 1. The predicted molar refractivity (Wildman–Crippen MR) is 89.6 cm³/mol. The molecular formula is C15H12ClN3O2S. The van der Waals surface area contributed by atoms with Crippen LogP contribution in [0.3, 0.4) is 0 Å². The number of anilines is 2. The number of benzene rings is 2. The molecule has 5 nitrogen and oxygen atoms in total. The summed E-state index contributed by atoms with van der Waals surface area (Å²) in [5, 5.41) is 11.0. The topological polar surface area (TPSA) is 55.8 Å². The molecule has 1 amide bonds. The van der Waals surface area contributed by atoms with Crippen LogP contribution in [0.5, 0.6) is 0 Å². The molecule has 0 bridgehead atoms. The Morgan fingerprint density at radius 2 is 1.95 bits per heavy atom. The van der Waals surface area contributed by atoms with Gasteiger partial charge in [-0.15, -0.1) is 0 Å². The van der Waals surface area contributed by atoms with E-state index in [9.17, 15) is 4.79 Å². The number of para-hydroxylation sites is 1. The summed E-state index contributed by atoms with van der Waals surface area (Å²) in [6.45, 7) is 0.266. The zero-order valence-corrected chi connectivity index (χ0v) is 12.9. The van der Waals surface area contributed by atoms with Gasteiger partial charge in [-0.25, -0.2) is 10.2 Å². The third-order valence-corrected chi connectivity index (χ3v) is 3.98. The summed E-state index contributed by atoms with van der Waals surface area (Å²) in [5.74, 6) is 0. The Morgan fingerprint density at radius 3 is 2.64 bits per heavy atom. The van der Waals surface area contributed by atoms with Gasteiger partial charge in [-0.3, -0.25) is 5.01 Å². The van der Waals surface area contributed by atoms with Crippen LogP contribution >= 0.6 is 23.8 Å². The zero-order valence-electron chi connectivity index (χ0n) is 11.4. The molecule has 0 aromatic heterocycles. The molecule has 0 fully saturated rings. The van der Waals surface area contributed by atoms with E-state index in [0.29, 0.717) is 10.0 Å². The average Bonchev–Trinajstić information content (AvgIpc) is 2.50. The van der Waals surface area contributed by atoms with Crippen LogP contribution in [0, 0.1) is 0 Å². The second-order valence-corrected chi connectivity index (χ2v) is 5.54. The second-order valence-electron chi connectivity index (χ2n) is 4.72. The summed E-state index contributed by atoms with van der Waals surface area (Å²) >= 11 is 11.5. The lowest BCUT2D eigenvalue weighted by atomic mass is 10.1. The summed E-state index contributed by atoms with van der Waals surface area (Å²) in [7, 11) is 0. The van der Waals surface area contributed by atoms with Gasteiger partial charge in [0.2, 0.25) is 0 Å². The van der Waals surface area contributed by atoms with Crippen LogP contribution in [0.25, 0.3) is 0 Å². The number of thiocarbonyl (C=S) groups is 1. The van der Waals surface area contributed by atoms with E-state index in [4.69, 9.17) is 28.9 Å². The molecule has 0 unspecified atom stereocenters. The van der Waals surface area contributed by atoms with E-state index in [-0.39, 0.29) is 6.67 Å². The zero-order chi connectivity index (χ0) is 15.7. The predicted octanol–water partition coefficient (Wildman–Crippen LogP) is 3.61. The van der Waals surface area contributed by atoms with Gasteiger partial charge in [0.15, 0.2) is 0 Å². The van der Waals surface area contributed by atoms with Crippen molar-refractivity contribution in [3.63, 3.8) is 0 Å². The lowest BCUT2D eigenvalue weighted by Gasteiger charge is -2.39. The summed E-state index contributed by atoms with van der Waals surface area (Å²) in [6.07, 6.45) is -1.16. The lowest BCUT2D eigenvalue weighted by Crippen LogP contribution is -2.53. The number of fused-ring (bicyclic) bond motifs is 1. The van der Waals surface area contributed by atoms with Gasteiger partial charge >= 0.3 is 6.09 Å². The highest BCUT2D eigenvalue weighted by molar-refractivity contribution is 7.80. The van der Waals surface area contributed by atoms with Gasteiger partial charge in [-0.05, 0) is 30.3 Å². The normalized spacial score (nSPS) is 13.8. The number of carboxylic acid groups (broad SMARTS) is 1. The van der Waals surface area contributed by atoms with Crippen LogP contribution in [0.15, 0.2) is 48.5 Å². The molecule has 2 N–H and O–H groups in total. The minimum atomic E-state index is -1.16. The van der Waals surface area contributed by atoms with E-state index in [1.54, 1.807) is 12.1 Å². The highest BCUT2D eigenvalue weighted by Gasteiger charge is 2.28. The summed E-state index contributed by atoms with van der Waals surface area (Å²) in [5.41, 5.74) is 4.85.